The molecule has 7 heteroatoms. The molecule has 3 aromatic carbocycles. The van der Waals surface area contributed by atoms with Crippen molar-refractivity contribution in [3.63, 3.8) is 0 Å². The van der Waals surface area contributed by atoms with Gasteiger partial charge in [0.05, 0.1) is 11.9 Å². The Morgan fingerprint density at radius 3 is 2.57 bits per heavy atom. The number of rotatable bonds is 7. The first kappa shape index (κ1) is 24.7. The number of aryl methyl sites for hydroxylation is 3. The maximum atomic E-state index is 13.3. The van der Waals surface area contributed by atoms with Gasteiger partial charge < -0.3 is 10.0 Å². The first-order valence-electron chi connectivity index (χ1n) is 12.9. The number of hydrogen-bond donors (Lipinski definition) is 1. The molecule has 4 aromatic rings. The summed E-state index contributed by atoms with van der Waals surface area (Å²) in [7, 11) is 1.85. The number of aromatic nitrogens is 3. The van der Waals surface area contributed by atoms with Crippen molar-refractivity contribution in [2.24, 2.45) is 7.05 Å². The number of aliphatic carboxylic acids is 1. The molecule has 0 saturated carbocycles. The molecule has 1 aliphatic rings. The van der Waals surface area contributed by atoms with Gasteiger partial charge >= 0.3 is 5.97 Å². The summed E-state index contributed by atoms with van der Waals surface area (Å²) < 4.78 is 1.72. The molecular formula is C30H32N4O3. The number of nitrogens with zero attached hydrogens (tertiary/aromatic N) is 4. The van der Waals surface area contributed by atoms with Crippen LogP contribution in [0.25, 0.3) is 11.0 Å². The zero-order chi connectivity index (χ0) is 26.1. The summed E-state index contributed by atoms with van der Waals surface area (Å²) in [5, 5.41) is 18.2. The van der Waals surface area contributed by atoms with Gasteiger partial charge in [0.1, 0.15) is 5.52 Å². The number of carboxylic acids is 1. The quantitative estimate of drug-likeness (QED) is 0.388. The zero-order valence-corrected chi connectivity index (χ0v) is 21.6. The fourth-order valence-electron chi connectivity index (χ4n) is 5.46. The van der Waals surface area contributed by atoms with Crippen LogP contribution in [0, 0.1) is 6.92 Å². The number of fused-ring (bicyclic) bond motifs is 2. The highest BCUT2D eigenvalue weighted by atomic mass is 16.4. The molecule has 2 heterocycles. The minimum atomic E-state index is -0.857. The van der Waals surface area contributed by atoms with Crippen molar-refractivity contribution in [3.05, 3.63) is 93.5 Å². The predicted molar refractivity (Wildman–Crippen MR) is 143 cm³/mol. The fourth-order valence-corrected chi connectivity index (χ4v) is 5.46. The molecular weight excluding hydrogens is 464 g/mol. The zero-order valence-electron chi connectivity index (χ0n) is 21.6. The molecule has 1 amide bonds. The Bertz CT molecular complexity index is 1470. The van der Waals surface area contributed by atoms with Crippen molar-refractivity contribution in [3.8, 4) is 0 Å². The lowest BCUT2D eigenvalue weighted by Crippen LogP contribution is -2.36. The second-order valence-corrected chi connectivity index (χ2v) is 9.96. The lowest BCUT2D eigenvalue weighted by molar-refractivity contribution is -0.137. The summed E-state index contributed by atoms with van der Waals surface area (Å²) >= 11 is 0. The van der Waals surface area contributed by atoms with E-state index in [0.717, 1.165) is 52.5 Å². The predicted octanol–water partition coefficient (Wildman–Crippen LogP) is 5.03. The summed E-state index contributed by atoms with van der Waals surface area (Å²) in [5.74, 6) is -1.15. The van der Waals surface area contributed by atoms with Gasteiger partial charge in [0, 0.05) is 31.6 Å². The molecule has 190 valence electrons. The highest BCUT2D eigenvalue weighted by Crippen LogP contribution is 2.35. The van der Waals surface area contributed by atoms with E-state index < -0.39 is 5.97 Å². The molecule has 7 nitrogen and oxygen atoms in total. The minimum absolute atomic E-state index is 0.0296. The van der Waals surface area contributed by atoms with Crippen molar-refractivity contribution in [2.75, 3.05) is 6.54 Å². The standard InChI is InChI=1S/C30H32N4O3/c1-4-5-20-6-8-22(9-7-20)30(37)34-15-14-21-10-11-23(16-24(21)18-34)26(17-28(35)36)25-12-13-27-29(19(25)2)31-32-33(27)3/h6-13,16,26H,4-5,14-15,17-18H2,1-3H3,(H,35,36). The Morgan fingerprint density at radius 1 is 1.05 bits per heavy atom. The number of carbonyl (C=O) groups is 2. The largest absolute Gasteiger partial charge is 0.481 e. The maximum absolute atomic E-state index is 13.3. The van der Waals surface area contributed by atoms with Crippen molar-refractivity contribution in [1.82, 2.24) is 19.9 Å². The summed E-state index contributed by atoms with van der Waals surface area (Å²) in [4.78, 5) is 27.1. The summed E-state index contributed by atoms with van der Waals surface area (Å²) in [6.45, 7) is 5.31. The third-order valence-corrected chi connectivity index (χ3v) is 7.51. The van der Waals surface area contributed by atoms with Crippen LogP contribution in [-0.4, -0.2) is 43.4 Å². The lowest BCUT2D eigenvalue weighted by atomic mass is 9.83. The smallest absolute Gasteiger partial charge is 0.304 e. The van der Waals surface area contributed by atoms with Gasteiger partial charge in [0.2, 0.25) is 0 Å². The van der Waals surface area contributed by atoms with Crippen molar-refractivity contribution in [2.45, 2.75) is 52.0 Å². The molecule has 5 rings (SSSR count). The highest BCUT2D eigenvalue weighted by Gasteiger charge is 2.26. The summed E-state index contributed by atoms with van der Waals surface area (Å²) in [6.07, 6.45) is 2.84. The molecule has 1 N–H and O–H groups in total. The molecule has 1 atom stereocenters. The van der Waals surface area contributed by atoms with Gasteiger partial charge in [-0.1, -0.05) is 55.0 Å². The van der Waals surface area contributed by atoms with E-state index in [4.69, 9.17) is 0 Å². The van der Waals surface area contributed by atoms with E-state index in [-0.39, 0.29) is 18.2 Å². The number of hydrogen-bond acceptors (Lipinski definition) is 4. The van der Waals surface area contributed by atoms with Crippen LogP contribution in [0.2, 0.25) is 0 Å². The van der Waals surface area contributed by atoms with Crippen molar-refractivity contribution in [1.29, 1.82) is 0 Å². The first-order chi connectivity index (χ1) is 17.9. The van der Waals surface area contributed by atoms with Crippen molar-refractivity contribution < 1.29 is 14.7 Å². The van der Waals surface area contributed by atoms with Crippen LogP contribution in [0.3, 0.4) is 0 Å². The van der Waals surface area contributed by atoms with E-state index in [9.17, 15) is 14.7 Å². The maximum Gasteiger partial charge on any atom is 0.304 e. The van der Waals surface area contributed by atoms with Crippen LogP contribution >= 0.6 is 0 Å². The van der Waals surface area contributed by atoms with E-state index in [0.29, 0.717) is 18.7 Å². The second kappa shape index (κ2) is 10.2. The van der Waals surface area contributed by atoms with Crippen LogP contribution in [0.15, 0.2) is 54.6 Å². The third kappa shape index (κ3) is 4.86. The first-order valence-corrected chi connectivity index (χ1v) is 12.9. The Balaban J connectivity index is 1.45. The van der Waals surface area contributed by atoms with Crippen LogP contribution < -0.4 is 0 Å². The molecule has 0 fully saturated rings. The van der Waals surface area contributed by atoms with Crippen LogP contribution in [-0.2, 0) is 31.2 Å². The average molecular weight is 497 g/mol. The SMILES string of the molecule is CCCc1ccc(C(=O)N2CCc3ccc(C(CC(=O)O)c4ccc5c(nnn5C)c4C)cc3C2)cc1. The molecule has 1 unspecified atom stereocenters. The normalized spacial score (nSPS) is 14.0. The monoisotopic (exact) mass is 496 g/mol. The molecule has 0 spiro atoms. The number of amides is 1. The molecule has 0 saturated heterocycles. The molecule has 0 aliphatic carbocycles. The molecule has 1 aliphatic heterocycles. The second-order valence-electron chi connectivity index (χ2n) is 9.96. The van der Waals surface area contributed by atoms with Crippen LogP contribution in [0.4, 0.5) is 0 Å². The van der Waals surface area contributed by atoms with Gasteiger partial charge in [-0.25, -0.2) is 4.68 Å². The van der Waals surface area contributed by atoms with E-state index in [2.05, 4.69) is 29.4 Å². The Morgan fingerprint density at radius 2 is 1.84 bits per heavy atom. The van der Waals surface area contributed by atoms with Gasteiger partial charge in [0.15, 0.2) is 0 Å². The van der Waals surface area contributed by atoms with Crippen molar-refractivity contribution >= 4 is 22.9 Å². The third-order valence-electron chi connectivity index (χ3n) is 7.51. The van der Waals surface area contributed by atoms with E-state index >= 15 is 0 Å². The summed E-state index contributed by atoms with van der Waals surface area (Å²) in [6, 6.07) is 18.1. The lowest BCUT2D eigenvalue weighted by Gasteiger charge is -2.30. The number of carboxylic acid groups (broad SMARTS) is 1. The van der Waals surface area contributed by atoms with Gasteiger partial charge in [-0.2, -0.15) is 0 Å². The summed E-state index contributed by atoms with van der Waals surface area (Å²) in [5.41, 5.74) is 8.75. The van der Waals surface area contributed by atoms with E-state index in [1.54, 1.807) is 4.68 Å². The van der Waals surface area contributed by atoms with Gasteiger partial charge in [0.25, 0.3) is 5.91 Å². The molecule has 0 bridgehead atoms. The number of benzene rings is 3. The molecule has 37 heavy (non-hydrogen) atoms. The highest BCUT2D eigenvalue weighted by molar-refractivity contribution is 5.94. The van der Waals surface area contributed by atoms with Crippen LogP contribution in [0.5, 0.6) is 0 Å². The van der Waals surface area contributed by atoms with Gasteiger partial charge in [-0.15, -0.1) is 5.10 Å². The minimum Gasteiger partial charge on any atom is -0.481 e. The molecule has 0 radical (unpaired) electrons. The van der Waals surface area contributed by atoms with E-state index in [1.165, 1.54) is 11.1 Å². The van der Waals surface area contributed by atoms with Crippen LogP contribution in [0.1, 0.15) is 69.4 Å². The topological polar surface area (TPSA) is 88.3 Å². The average Bonchev–Trinajstić information content (AvgIpc) is 3.28. The Kier molecular flexibility index (Phi) is 6.78. The Hall–Kier alpha value is -4.00. The number of carbonyl (C=O) groups excluding carboxylic acids is 1. The van der Waals surface area contributed by atoms with Gasteiger partial charge in [-0.05, 0) is 71.3 Å². The van der Waals surface area contributed by atoms with E-state index in [1.807, 2.05) is 61.3 Å². The Labute approximate surface area is 216 Å². The van der Waals surface area contributed by atoms with Gasteiger partial charge in [-0.3, -0.25) is 9.59 Å². The fraction of sp³-hybridized carbons (Fsp3) is 0.333. The molecule has 1 aromatic heterocycles.